The summed E-state index contributed by atoms with van der Waals surface area (Å²) in [5.41, 5.74) is 6.05. The van der Waals surface area contributed by atoms with E-state index in [9.17, 15) is 9.18 Å². The number of hydrogen-bond acceptors (Lipinski definition) is 2. The molecule has 19 heavy (non-hydrogen) atoms. The lowest BCUT2D eigenvalue weighted by atomic mass is 9.88. The maximum Gasteiger partial charge on any atom is 0.244 e. The quantitative estimate of drug-likeness (QED) is 0.802. The average Bonchev–Trinajstić information content (AvgIpc) is 2.37. The van der Waals surface area contributed by atoms with Crippen LogP contribution in [0.25, 0.3) is 6.08 Å². The molecule has 3 N–H and O–H groups in total. The third-order valence-corrected chi connectivity index (χ3v) is 3.40. The molecule has 0 bridgehead atoms. The van der Waals surface area contributed by atoms with Crippen molar-refractivity contribution in [2.75, 3.05) is 6.54 Å². The Hall–Kier alpha value is -1.68. The highest BCUT2D eigenvalue weighted by atomic mass is 19.1. The van der Waals surface area contributed by atoms with E-state index in [1.165, 1.54) is 18.2 Å². The lowest BCUT2D eigenvalue weighted by Gasteiger charge is -2.33. The molecule has 0 saturated carbocycles. The van der Waals surface area contributed by atoms with E-state index in [4.69, 9.17) is 5.73 Å². The molecular formula is C15H21FN2O. The van der Waals surface area contributed by atoms with Crippen LogP contribution in [0.3, 0.4) is 0 Å². The SMILES string of the molecule is CC(C)C(C)(CN)NC(=O)/C=C/c1ccc(F)cc1. The molecule has 0 fully saturated rings. The van der Waals surface area contributed by atoms with Crippen molar-refractivity contribution in [2.24, 2.45) is 11.7 Å². The van der Waals surface area contributed by atoms with Crippen molar-refractivity contribution in [1.29, 1.82) is 0 Å². The summed E-state index contributed by atoms with van der Waals surface area (Å²) in [7, 11) is 0. The predicted octanol–water partition coefficient (Wildman–Crippen LogP) is 2.33. The molecule has 0 aromatic heterocycles. The average molecular weight is 264 g/mol. The van der Waals surface area contributed by atoms with E-state index >= 15 is 0 Å². The number of halogens is 1. The van der Waals surface area contributed by atoms with Gasteiger partial charge in [0.15, 0.2) is 0 Å². The first-order valence-corrected chi connectivity index (χ1v) is 6.33. The molecule has 1 amide bonds. The van der Waals surface area contributed by atoms with Crippen LogP contribution in [0.1, 0.15) is 26.3 Å². The molecule has 0 aliphatic carbocycles. The highest BCUT2D eigenvalue weighted by Crippen LogP contribution is 2.14. The van der Waals surface area contributed by atoms with Gasteiger partial charge in [-0.3, -0.25) is 4.79 Å². The van der Waals surface area contributed by atoms with Gasteiger partial charge in [0.25, 0.3) is 0 Å². The molecule has 1 atom stereocenters. The lowest BCUT2D eigenvalue weighted by Crippen LogP contribution is -2.54. The summed E-state index contributed by atoms with van der Waals surface area (Å²) in [5, 5.41) is 2.90. The van der Waals surface area contributed by atoms with Crippen LogP contribution in [0.2, 0.25) is 0 Å². The Labute approximate surface area is 113 Å². The number of hydrogen-bond donors (Lipinski definition) is 2. The van der Waals surface area contributed by atoms with Gasteiger partial charge in [-0.2, -0.15) is 0 Å². The normalized spacial score (nSPS) is 14.6. The number of carbonyl (C=O) groups is 1. The Kier molecular flexibility index (Phi) is 5.24. The van der Waals surface area contributed by atoms with Gasteiger partial charge in [0.1, 0.15) is 5.82 Å². The van der Waals surface area contributed by atoms with E-state index in [-0.39, 0.29) is 17.6 Å². The van der Waals surface area contributed by atoms with Crippen molar-refractivity contribution < 1.29 is 9.18 Å². The van der Waals surface area contributed by atoms with Crippen LogP contribution < -0.4 is 11.1 Å². The number of benzene rings is 1. The van der Waals surface area contributed by atoms with E-state index in [1.807, 2.05) is 20.8 Å². The highest BCUT2D eigenvalue weighted by Gasteiger charge is 2.27. The van der Waals surface area contributed by atoms with Gasteiger partial charge in [-0.15, -0.1) is 0 Å². The summed E-state index contributed by atoms with van der Waals surface area (Å²) in [6, 6.07) is 5.94. The molecule has 1 unspecified atom stereocenters. The first-order valence-electron chi connectivity index (χ1n) is 6.33. The first kappa shape index (κ1) is 15.4. The summed E-state index contributed by atoms with van der Waals surface area (Å²) < 4.78 is 12.7. The predicted molar refractivity (Wildman–Crippen MR) is 75.9 cm³/mol. The zero-order chi connectivity index (χ0) is 14.5. The van der Waals surface area contributed by atoms with E-state index in [0.717, 1.165) is 5.56 Å². The largest absolute Gasteiger partial charge is 0.346 e. The summed E-state index contributed by atoms with van der Waals surface area (Å²) in [5.74, 6) is -0.260. The van der Waals surface area contributed by atoms with Gasteiger partial charge in [0.05, 0.1) is 5.54 Å². The molecule has 0 saturated heterocycles. The Bertz CT molecular complexity index is 454. The minimum Gasteiger partial charge on any atom is -0.346 e. The molecule has 0 spiro atoms. The zero-order valence-electron chi connectivity index (χ0n) is 11.6. The molecule has 1 aromatic rings. The van der Waals surface area contributed by atoms with Crippen LogP contribution in [0, 0.1) is 11.7 Å². The van der Waals surface area contributed by atoms with Crippen molar-refractivity contribution in [3.63, 3.8) is 0 Å². The summed E-state index contributed by atoms with van der Waals surface area (Å²) >= 11 is 0. The second kappa shape index (κ2) is 6.48. The molecule has 1 aromatic carbocycles. The number of nitrogens with one attached hydrogen (secondary N) is 1. The van der Waals surface area contributed by atoms with Crippen LogP contribution in [0.5, 0.6) is 0 Å². The van der Waals surface area contributed by atoms with E-state index in [2.05, 4.69) is 5.32 Å². The van der Waals surface area contributed by atoms with Crippen molar-refractivity contribution in [3.05, 3.63) is 41.7 Å². The molecular weight excluding hydrogens is 243 g/mol. The van der Waals surface area contributed by atoms with Crippen molar-refractivity contribution in [1.82, 2.24) is 5.32 Å². The molecule has 3 nitrogen and oxygen atoms in total. The summed E-state index contributed by atoms with van der Waals surface area (Å²) in [6.07, 6.45) is 3.08. The Morgan fingerprint density at radius 2 is 2.00 bits per heavy atom. The Balaban J connectivity index is 2.67. The molecule has 104 valence electrons. The molecule has 1 rings (SSSR count). The summed E-state index contributed by atoms with van der Waals surface area (Å²) in [4.78, 5) is 11.8. The van der Waals surface area contributed by atoms with Gasteiger partial charge in [-0.25, -0.2) is 4.39 Å². The third-order valence-electron chi connectivity index (χ3n) is 3.40. The maximum atomic E-state index is 12.7. The third kappa shape index (κ3) is 4.48. The fourth-order valence-corrected chi connectivity index (χ4v) is 1.50. The Morgan fingerprint density at radius 1 is 1.42 bits per heavy atom. The smallest absolute Gasteiger partial charge is 0.244 e. The monoisotopic (exact) mass is 264 g/mol. The molecule has 0 radical (unpaired) electrons. The fraction of sp³-hybridized carbons (Fsp3) is 0.400. The molecule has 0 aliphatic heterocycles. The van der Waals surface area contributed by atoms with Crippen LogP contribution in [-0.2, 0) is 4.79 Å². The number of nitrogens with two attached hydrogens (primary N) is 1. The second-order valence-electron chi connectivity index (χ2n) is 5.15. The van der Waals surface area contributed by atoms with Crippen LogP contribution in [0.4, 0.5) is 4.39 Å². The molecule has 0 heterocycles. The summed E-state index contributed by atoms with van der Waals surface area (Å²) in [6.45, 7) is 6.32. The second-order valence-corrected chi connectivity index (χ2v) is 5.15. The lowest BCUT2D eigenvalue weighted by molar-refractivity contribution is -0.118. The topological polar surface area (TPSA) is 55.1 Å². The van der Waals surface area contributed by atoms with E-state index in [0.29, 0.717) is 6.54 Å². The van der Waals surface area contributed by atoms with Crippen LogP contribution >= 0.6 is 0 Å². The zero-order valence-corrected chi connectivity index (χ0v) is 11.6. The van der Waals surface area contributed by atoms with E-state index in [1.54, 1.807) is 18.2 Å². The fourth-order valence-electron chi connectivity index (χ4n) is 1.50. The number of carbonyl (C=O) groups excluding carboxylic acids is 1. The molecule has 0 aliphatic rings. The van der Waals surface area contributed by atoms with Gasteiger partial charge in [0, 0.05) is 12.6 Å². The minimum atomic E-state index is -0.426. The van der Waals surface area contributed by atoms with Crippen LogP contribution in [-0.4, -0.2) is 18.0 Å². The Morgan fingerprint density at radius 3 is 2.47 bits per heavy atom. The van der Waals surface area contributed by atoms with Gasteiger partial charge in [-0.05, 0) is 36.6 Å². The van der Waals surface area contributed by atoms with Crippen molar-refractivity contribution in [3.8, 4) is 0 Å². The maximum absolute atomic E-state index is 12.7. The van der Waals surface area contributed by atoms with Gasteiger partial charge < -0.3 is 11.1 Å². The minimum absolute atomic E-state index is 0.203. The van der Waals surface area contributed by atoms with Crippen molar-refractivity contribution >= 4 is 12.0 Å². The van der Waals surface area contributed by atoms with Gasteiger partial charge in [0.2, 0.25) is 5.91 Å². The number of rotatable bonds is 5. The first-order chi connectivity index (χ1) is 8.87. The van der Waals surface area contributed by atoms with Gasteiger partial charge >= 0.3 is 0 Å². The van der Waals surface area contributed by atoms with Crippen LogP contribution in [0.15, 0.2) is 30.3 Å². The molecule has 4 heteroatoms. The van der Waals surface area contributed by atoms with Gasteiger partial charge in [-0.1, -0.05) is 26.0 Å². The van der Waals surface area contributed by atoms with Crippen molar-refractivity contribution in [2.45, 2.75) is 26.3 Å². The van der Waals surface area contributed by atoms with E-state index < -0.39 is 5.54 Å². The highest BCUT2D eigenvalue weighted by molar-refractivity contribution is 5.92. The standard InChI is InChI=1S/C15H21FN2O/c1-11(2)15(3,10-17)18-14(19)9-6-12-4-7-13(16)8-5-12/h4-9,11H,10,17H2,1-3H3,(H,18,19)/b9-6+. The number of amides is 1.